The van der Waals surface area contributed by atoms with Gasteiger partial charge in [0.25, 0.3) is 5.91 Å². The number of fused-ring (bicyclic) bond motifs is 2. The molecule has 0 unspecified atom stereocenters. The van der Waals surface area contributed by atoms with Crippen LogP contribution in [0, 0.1) is 5.82 Å². The number of halogens is 1. The minimum Gasteiger partial charge on any atom is -0.486 e. The Kier molecular flexibility index (Phi) is 8.02. The van der Waals surface area contributed by atoms with Gasteiger partial charge in [-0.3, -0.25) is 9.59 Å². The third-order valence-electron chi connectivity index (χ3n) is 6.85. The molecule has 2 heterocycles. The zero-order valence-corrected chi connectivity index (χ0v) is 22.9. The second-order valence-electron chi connectivity index (χ2n) is 9.98. The third kappa shape index (κ3) is 5.79. The van der Waals surface area contributed by atoms with Crippen LogP contribution in [-0.2, 0) is 9.59 Å². The van der Waals surface area contributed by atoms with Crippen LogP contribution in [0.2, 0.25) is 0 Å². The van der Waals surface area contributed by atoms with Gasteiger partial charge in [0.2, 0.25) is 5.91 Å². The maximum Gasteiger partial charge on any atom is 0.258 e. The number of benzene rings is 3. The van der Waals surface area contributed by atoms with Crippen molar-refractivity contribution in [1.29, 1.82) is 0 Å². The zero-order chi connectivity index (χ0) is 28.2. The molecule has 8 nitrogen and oxygen atoms in total. The van der Waals surface area contributed by atoms with Crippen molar-refractivity contribution in [1.82, 2.24) is 4.90 Å². The Balaban J connectivity index is 1.51. The first kappa shape index (κ1) is 27.2. The number of ether oxygens (including phenoxy) is 2. The van der Waals surface area contributed by atoms with E-state index >= 15 is 0 Å². The van der Waals surface area contributed by atoms with Crippen LogP contribution >= 0.6 is 0 Å². The van der Waals surface area contributed by atoms with E-state index in [0.29, 0.717) is 65.8 Å². The van der Waals surface area contributed by atoms with Gasteiger partial charge in [0.15, 0.2) is 11.5 Å². The Bertz CT molecular complexity index is 1450. The second-order valence-corrected chi connectivity index (χ2v) is 9.98. The summed E-state index contributed by atoms with van der Waals surface area (Å²) in [5.74, 6) is 0.516. The Morgan fingerprint density at radius 3 is 2.45 bits per heavy atom. The molecule has 40 heavy (non-hydrogen) atoms. The lowest BCUT2D eigenvalue weighted by atomic mass is 9.99. The fourth-order valence-electron chi connectivity index (χ4n) is 4.87. The number of nitrogens with one attached hydrogen (secondary N) is 2. The van der Waals surface area contributed by atoms with Crippen LogP contribution in [0.15, 0.2) is 60.7 Å². The summed E-state index contributed by atoms with van der Waals surface area (Å²) in [7, 11) is 4.03. The van der Waals surface area contributed by atoms with Crippen molar-refractivity contribution in [2.75, 3.05) is 55.9 Å². The van der Waals surface area contributed by atoms with E-state index in [9.17, 15) is 14.0 Å². The van der Waals surface area contributed by atoms with E-state index in [0.717, 1.165) is 24.3 Å². The summed E-state index contributed by atoms with van der Waals surface area (Å²) in [6.07, 6.45) is 1.27. The predicted molar refractivity (Wildman–Crippen MR) is 155 cm³/mol. The van der Waals surface area contributed by atoms with E-state index in [4.69, 9.17) is 9.47 Å². The van der Waals surface area contributed by atoms with Crippen LogP contribution in [0.3, 0.4) is 0 Å². The Morgan fingerprint density at radius 2 is 1.73 bits per heavy atom. The molecular weight excluding hydrogens is 511 g/mol. The molecule has 2 amide bonds. The fraction of sp³-hybridized carbons (Fsp3) is 0.290. The lowest BCUT2D eigenvalue weighted by Gasteiger charge is -2.24. The summed E-state index contributed by atoms with van der Waals surface area (Å²) in [5, 5.41) is 6.19. The molecule has 0 aromatic heterocycles. The maximum atomic E-state index is 13.9. The molecule has 0 spiro atoms. The van der Waals surface area contributed by atoms with Crippen molar-refractivity contribution in [2.45, 2.75) is 19.8 Å². The SMILES string of the molecule is CCC(=O)N(CCCN(C)C)c1ccc(N/C(=C2\C(=O)Nc3cc(F)ccc32)c2ccc3c(c2)OCCO3)cc1. The second kappa shape index (κ2) is 11.8. The van der Waals surface area contributed by atoms with Gasteiger partial charge in [0.05, 0.1) is 17.0 Å². The summed E-state index contributed by atoms with van der Waals surface area (Å²) in [4.78, 5) is 29.8. The Labute approximate surface area is 233 Å². The van der Waals surface area contributed by atoms with Gasteiger partial charge in [-0.2, -0.15) is 0 Å². The minimum absolute atomic E-state index is 0.0602. The van der Waals surface area contributed by atoms with Crippen LogP contribution in [0.4, 0.5) is 21.5 Å². The first-order chi connectivity index (χ1) is 19.3. The van der Waals surface area contributed by atoms with E-state index in [-0.39, 0.29) is 11.8 Å². The van der Waals surface area contributed by atoms with Gasteiger partial charge in [0.1, 0.15) is 19.0 Å². The standard InChI is InChI=1S/C31H33FN4O4/c1-4-28(37)36(15-5-14-35(2)3)23-10-8-22(9-11-23)33-30(20-6-13-26-27(18-20)40-17-16-39-26)29-24-12-7-21(32)19-25(24)34-31(29)38/h6-13,18-19,33H,4-5,14-17H2,1-3H3,(H,34,38)/b30-29-. The van der Waals surface area contributed by atoms with Crippen LogP contribution < -0.4 is 25.0 Å². The van der Waals surface area contributed by atoms with Crippen LogP contribution in [0.5, 0.6) is 11.5 Å². The van der Waals surface area contributed by atoms with Gasteiger partial charge in [-0.15, -0.1) is 0 Å². The van der Waals surface area contributed by atoms with Crippen LogP contribution in [0.25, 0.3) is 11.3 Å². The predicted octanol–water partition coefficient (Wildman–Crippen LogP) is 5.22. The number of carbonyl (C=O) groups excluding carboxylic acids is 2. The number of anilines is 3. The van der Waals surface area contributed by atoms with E-state index < -0.39 is 5.82 Å². The molecule has 3 aromatic rings. The molecule has 0 radical (unpaired) electrons. The first-order valence-corrected chi connectivity index (χ1v) is 13.4. The molecule has 9 heteroatoms. The van der Waals surface area contributed by atoms with E-state index in [1.807, 2.05) is 68.4 Å². The lowest BCUT2D eigenvalue weighted by molar-refractivity contribution is -0.118. The summed E-state index contributed by atoms with van der Waals surface area (Å²) in [6.45, 7) is 4.27. The quantitative estimate of drug-likeness (QED) is 0.359. The van der Waals surface area contributed by atoms with Crippen molar-refractivity contribution < 1.29 is 23.5 Å². The minimum atomic E-state index is -0.429. The van der Waals surface area contributed by atoms with Crippen molar-refractivity contribution in [3.8, 4) is 11.5 Å². The highest BCUT2D eigenvalue weighted by molar-refractivity contribution is 6.37. The first-order valence-electron chi connectivity index (χ1n) is 13.4. The monoisotopic (exact) mass is 544 g/mol. The summed E-state index contributed by atoms with van der Waals surface area (Å²) in [5.41, 5.74) is 4.19. The number of hydrogen-bond acceptors (Lipinski definition) is 6. The number of amides is 2. The summed E-state index contributed by atoms with van der Waals surface area (Å²) in [6, 6.07) is 17.3. The normalized spacial score (nSPS) is 15.0. The van der Waals surface area contributed by atoms with Crippen LogP contribution in [0.1, 0.15) is 30.9 Å². The van der Waals surface area contributed by atoms with Crippen molar-refractivity contribution in [3.05, 3.63) is 77.6 Å². The van der Waals surface area contributed by atoms with E-state index in [2.05, 4.69) is 15.5 Å². The van der Waals surface area contributed by atoms with Crippen molar-refractivity contribution in [3.63, 3.8) is 0 Å². The number of hydrogen-bond donors (Lipinski definition) is 2. The molecule has 208 valence electrons. The van der Waals surface area contributed by atoms with Gasteiger partial charge in [0, 0.05) is 35.5 Å². The molecule has 0 aliphatic carbocycles. The number of nitrogens with zero attached hydrogens (tertiary/aromatic N) is 2. The highest BCUT2D eigenvalue weighted by Gasteiger charge is 2.29. The van der Waals surface area contributed by atoms with E-state index in [1.165, 1.54) is 12.1 Å². The van der Waals surface area contributed by atoms with Crippen molar-refractivity contribution in [2.24, 2.45) is 0 Å². The molecule has 2 aliphatic rings. The van der Waals surface area contributed by atoms with Crippen molar-refractivity contribution >= 4 is 40.1 Å². The molecular formula is C31H33FN4O4. The highest BCUT2D eigenvalue weighted by Crippen LogP contribution is 2.40. The zero-order valence-electron chi connectivity index (χ0n) is 22.9. The Morgan fingerprint density at radius 1 is 0.975 bits per heavy atom. The smallest absolute Gasteiger partial charge is 0.258 e. The molecule has 0 fully saturated rings. The molecule has 0 saturated heterocycles. The van der Waals surface area contributed by atoms with E-state index in [1.54, 1.807) is 6.07 Å². The average Bonchev–Trinajstić information content (AvgIpc) is 3.28. The third-order valence-corrected chi connectivity index (χ3v) is 6.85. The molecule has 0 saturated carbocycles. The molecule has 2 N–H and O–H groups in total. The molecule has 0 atom stereocenters. The highest BCUT2D eigenvalue weighted by atomic mass is 19.1. The number of carbonyl (C=O) groups is 2. The fourth-order valence-corrected chi connectivity index (χ4v) is 4.87. The average molecular weight is 545 g/mol. The maximum absolute atomic E-state index is 13.9. The summed E-state index contributed by atoms with van der Waals surface area (Å²) < 4.78 is 25.4. The molecule has 2 aliphatic heterocycles. The largest absolute Gasteiger partial charge is 0.486 e. The number of rotatable bonds is 9. The topological polar surface area (TPSA) is 83.1 Å². The summed E-state index contributed by atoms with van der Waals surface area (Å²) >= 11 is 0. The molecule has 0 bridgehead atoms. The molecule has 3 aromatic carbocycles. The van der Waals surface area contributed by atoms with Gasteiger partial charge in [-0.1, -0.05) is 6.92 Å². The van der Waals surface area contributed by atoms with Crippen LogP contribution in [-0.4, -0.2) is 57.1 Å². The van der Waals surface area contributed by atoms with Gasteiger partial charge in [-0.25, -0.2) is 4.39 Å². The lowest BCUT2D eigenvalue weighted by Crippen LogP contribution is -2.32. The van der Waals surface area contributed by atoms with Gasteiger partial charge in [-0.05, 0) is 87.7 Å². The Hall–Kier alpha value is -4.37. The van der Waals surface area contributed by atoms with Gasteiger partial charge < -0.3 is 29.9 Å². The van der Waals surface area contributed by atoms with Gasteiger partial charge >= 0.3 is 0 Å². The molecule has 5 rings (SSSR count).